The highest BCUT2D eigenvalue weighted by atomic mass is 16.7. The minimum Gasteiger partial charge on any atom is -0.463 e. The van der Waals surface area contributed by atoms with Gasteiger partial charge in [-0.05, 0) is 25.3 Å². The van der Waals surface area contributed by atoms with Gasteiger partial charge in [0.15, 0.2) is 6.29 Å². The molecule has 6 nitrogen and oxygen atoms in total. The molecule has 6 heteroatoms. The van der Waals surface area contributed by atoms with E-state index in [-0.39, 0.29) is 18.1 Å². The van der Waals surface area contributed by atoms with Crippen LogP contribution in [0.3, 0.4) is 0 Å². The first kappa shape index (κ1) is 18.3. The van der Waals surface area contributed by atoms with E-state index in [4.69, 9.17) is 18.9 Å². The zero-order valence-corrected chi connectivity index (χ0v) is 14.7. The molecule has 0 amide bonds. The molecule has 1 aliphatic carbocycles. The van der Waals surface area contributed by atoms with Crippen LogP contribution in [-0.4, -0.2) is 48.9 Å². The van der Waals surface area contributed by atoms with E-state index in [1.807, 2.05) is 37.3 Å². The molecular formula is C19H26O6. The van der Waals surface area contributed by atoms with Crippen molar-refractivity contribution >= 4 is 5.97 Å². The molecule has 1 aromatic rings. The average Bonchev–Trinajstić information content (AvgIpc) is 3.39. The van der Waals surface area contributed by atoms with Gasteiger partial charge in [-0.1, -0.05) is 30.3 Å². The molecule has 1 aliphatic heterocycles. The van der Waals surface area contributed by atoms with Crippen LogP contribution in [0.4, 0.5) is 0 Å². The summed E-state index contributed by atoms with van der Waals surface area (Å²) in [5.41, 5.74) is 0.731. The van der Waals surface area contributed by atoms with Gasteiger partial charge in [0.05, 0.1) is 18.1 Å². The van der Waals surface area contributed by atoms with E-state index in [0.717, 1.165) is 18.4 Å². The Balaban J connectivity index is 1.71. The predicted molar refractivity (Wildman–Crippen MR) is 89.6 cm³/mol. The Labute approximate surface area is 148 Å². The Morgan fingerprint density at radius 2 is 2.00 bits per heavy atom. The maximum absolute atomic E-state index is 11.1. The van der Waals surface area contributed by atoms with Crippen molar-refractivity contribution in [2.24, 2.45) is 5.41 Å². The van der Waals surface area contributed by atoms with Gasteiger partial charge < -0.3 is 24.1 Å². The lowest BCUT2D eigenvalue weighted by Gasteiger charge is -2.45. The van der Waals surface area contributed by atoms with Gasteiger partial charge in [0.2, 0.25) is 0 Å². The molecule has 2 fully saturated rings. The van der Waals surface area contributed by atoms with E-state index in [1.54, 1.807) is 0 Å². The van der Waals surface area contributed by atoms with Crippen LogP contribution in [0.25, 0.3) is 0 Å². The summed E-state index contributed by atoms with van der Waals surface area (Å²) >= 11 is 0. The summed E-state index contributed by atoms with van der Waals surface area (Å²) in [7, 11) is 0. The van der Waals surface area contributed by atoms with Gasteiger partial charge in [0.1, 0.15) is 18.8 Å². The Kier molecular flexibility index (Phi) is 5.74. The summed E-state index contributed by atoms with van der Waals surface area (Å²) in [6, 6.07) is 9.87. The number of aliphatic hydroxyl groups is 1. The van der Waals surface area contributed by atoms with Gasteiger partial charge in [-0.2, -0.15) is 0 Å². The van der Waals surface area contributed by atoms with Crippen molar-refractivity contribution in [3.63, 3.8) is 0 Å². The molecule has 0 bridgehead atoms. The molecule has 1 aromatic carbocycles. The fourth-order valence-electron chi connectivity index (χ4n) is 3.44. The van der Waals surface area contributed by atoms with Crippen LogP contribution in [0.15, 0.2) is 30.3 Å². The molecular weight excluding hydrogens is 324 g/mol. The molecule has 0 aromatic heterocycles. The van der Waals surface area contributed by atoms with Crippen molar-refractivity contribution in [1.29, 1.82) is 0 Å². The van der Waals surface area contributed by atoms with Crippen molar-refractivity contribution in [2.75, 3.05) is 13.2 Å². The first-order valence-corrected chi connectivity index (χ1v) is 8.81. The molecule has 0 unspecified atom stereocenters. The Bertz CT molecular complexity index is 571. The molecule has 3 rings (SSSR count). The average molecular weight is 350 g/mol. The molecule has 1 N–H and O–H groups in total. The Morgan fingerprint density at radius 1 is 1.28 bits per heavy atom. The van der Waals surface area contributed by atoms with Crippen LogP contribution in [0.1, 0.15) is 32.3 Å². The molecule has 1 heterocycles. The number of ether oxygens (including phenoxy) is 4. The fraction of sp³-hybridized carbons (Fsp3) is 0.632. The number of hydrogen-bond acceptors (Lipinski definition) is 6. The van der Waals surface area contributed by atoms with Gasteiger partial charge in [-0.3, -0.25) is 4.79 Å². The number of aliphatic hydroxyl groups excluding tert-OH is 1. The predicted octanol–water partition coefficient (Wildman–Crippen LogP) is 2.04. The van der Waals surface area contributed by atoms with Gasteiger partial charge >= 0.3 is 5.97 Å². The third kappa shape index (κ3) is 4.03. The van der Waals surface area contributed by atoms with Gasteiger partial charge in [0, 0.05) is 13.5 Å². The Morgan fingerprint density at radius 3 is 2.60 bits per heavy atom. The summed E-state index contributed by atoms with van der Waals surface area (Å²) in [5.74, 6) is -0.405. The molecule has 1 saturated heterocycles. The number of esters is 1. The molecule has 0 radical (unpaired) electrons. The zero-order chi connectivity index (χ0) is 17.9. The Hall–Kier alpha value is -1.47. The third-order valence-corrected chi connectivity index (χ3v) is 4.89. The zero-order valence-electron chi connectivity index (χ0n) is 14.7. The molecule has 25 heavy (non-hydrogen) atoms. The number of rotatable bonds is 7. The van der Waals surface area contributed by atoms with Crippen LogP contribution in [0.2, 0.25) is 0 Å². The molecule has 4 atom stereocenters. The number of carbonyl (C=O) groups excluding carboxylic acids is 1. The molecule has 1 spiro atoms. The van der Waals surface area contributed by atoms with E-state index in [2.05, 4.69) is 0 Å². The van der Waals surface area contributed by atoms with Crippen molar-refractivity contribution in [2.45, 2.75) is 57.9 Å². The summed E-state index contributed by atoms with van der Waals surface area (Å²) in [5, 5.41) is 10.7. The van der Waals surface area contributed by atoms with Crippen LogP contribution in [0.5, 0.6) is 0 Å². The monoisotopic (exact) mass is 350 g/mol. The highest BCUT2D eigenvalue weighted by molar-refractivity contribution is 5.65. The highest BCUT2D eigenvalue weighted by Gasteiger charge is 2.64. The summed E-state index contributed by atoms with van der Waals surface area (Å²) < 4.78 is 22.9. The van der Waals surface area contributed by atoms with Crippen LogP contribution >= 0.6 is 0 Å². The van der Waals surface area contributed by atoms with Crippen LogP contribution in [-0.2, 0) is 30.3 Å². The lowest BCUT2D eigenvalue weighted by molar-refractivity contribution is -0.305. The fourth-order valence-corrected chi connectivity index (χ4v) is 3.44. The maximum atomic E-state index is 11.1. The second-order valence-electron chi connectivity index (χ2n) is 6.71. The lowest BCUT2D eigenvalue weighted by Crippen LogP contribution is -2.58. The largest absolute Gasteiger partial charge is 0.463 e. The topological polar surface area (TPSA) is 74.2 Å². The van der Waals surface area contributed by atoms with E-state index < -0.39 is 24.5 Å². The number of carbonyl (C=O) groups is 1. The van der Waals surface area contributed by atoms with Gasteiger partial charge in [0.25, 0.3) is 0 Å². The van der Waals surface area contributed by atoms with E-state index >= 15 is 0 Å². The summed E-state index contributed by atoms with van der Waals surface area (Å²) in [4.78, 5) is 11.1. The summed E-state index contributed by atoms with van der Waals surface area (Å²) in [6.07, 6.45) is -0.616. The third-order valence-electron chi connectivity index (χ3n) is 4.89. The number of hydrogen-bond donors (Lipinski definition) is 1. The van der Waals surface area contributed by atoms with Crippen molar-refractivity contribution in [3.8, 4) is 0 Å². The molecule has 2 aliphatic rings. The van der Waals surface area contributed by atoms with Gasteiger partial charge in [-0.25, -0.2) is 0 Å². The number of benzene rings is 1. The van der Waals surface area contributed by atoms with Crippen LogP contribution in [0, 0.1) is 5.41 Å². The minimum absolute atomic E-state index is 0.0125. The van der Waals surface area contributed by atoms with E-state index in [1.165, 1.54) is 6.92 Å². The first-order valence-electron chi connectivity index (χ1n) is 8.81. The highest BCUT2D eigenvalue weighted by Crippen LogP contribution is 2.58. The quantitative estimate of drug-likeness (QED) is 0.759. The second-order valence-corrected chi connectivity index (χ2v) is 6.71. The molecule has 1 saturated carbocycles. The SMILES string of the molecule is CCO[C@@H]1[C@@H](O)[C@H](COC(C)=O)O[C@H](OCc2ccccc2)C12CC2. The first-order chi connectivity index (χ1) is 12.1. The van der Waals surface area contributed by atoms with Crippen molar-refractivity contribution < 1.29 is 28.8 Å². The minimum atomic E-state index is -0.849. The normalized spacial score (nSPS) is 30.2. The van der Waals surface area contributed by atoms with Crippen molar-refractivity contribution in [3.05, 3.63) is 35.9 Å². The maximum Gasteiger partial charge on any atom is 0.302 e. The van der Waals surface area contributed by atoms with E-state index in [0.29, 0.717) is 13.2 Å². The lowest BCUT2D eigenvalue weighted by atomic mass is 9.87. The standard InChI is InChI=1S/C19H26O6/c1-3-22-17-16(21)15(12-23-13(2)20)25-18(19(17)9-10-19)24-11-14-7-5-4-6-8-14/h4-8,15-18,21H,3,9-12H2,1-2H3/t15-,16-,17+,18-/m0/s1. The van der Waals surface area contributed by atoms with Crippen molar-refractivity contribution in [1.82, 2.24) is 0 Å². The van der Waals surface area contributed by atoms with E-state index in [9.17, 15) is 9.90 Å². The van der Waals surface area contributed by atoms with Gasteiger partial charge in [-0.15, -0.1) is 0 Å². The molecule has 138 valence electrons. The van der Waals surface area contributed by atoms with Crippen LogP contribution < -0.4 is 0 Å². The summed E-state index contributed by atoms with van der Waals surface area (Å²) in [6.45, 7) is 4.14. The smallest absolute Gasteiger partial charge is 0.302 e. The second kappa shape index (κ2) is 7.83.